The van der Waals surface area contributed by atoms with Crippen LogP contribution < -0.4 is 11.1 Å². The standard InChI is InChI=1S/C9H11N3O/c10-8-3-1-2-7(12-8)9(13)11-6-4-5-6/h1-3,6H,4-5H2,(H2,10,12)(H,11,13). The van der Waals surface area contributed by atoms with E-state index in [1.54, 1.807) is 18.2 Å². The number of pyridine rings is 1. The molecule has 1 aromatic rings. The van der Waals surface area contributed by atoms with Crippen molar-refractivity contribution in [1.82, 2.24) is 10.3 Å². The maximum atomic E-state index is 11.4. The van der Waals surface area contributed by atoms with Gasteiger partial charge in [0, 0.05) is 6.04 Å². The van der Waals surface area contributed by atoms with E-state index in [2.05, 4.69) is 10.3 Å². The molecule has 1 aliphatic carbocycles. The fourth-order valence-electron chi connectivity index (χ4n) is 1.06. The summed E-state index contributed by atoms with van der Waals surface area (Å²) in [5.74, 6) is 0.248. The zero-order chi connectivity index (χ0) is 9.26. The number of carbonyl (C=O) groups excluding carboxylic acids is 1. The summed E-state index contributed by atoms with van der Waals surface area (Å²) in [6.45, 7) is 0. The SMILES string of the molecule is Nc1cccc(C(=O)NC2CC2)n1. The summed E-state index contributed by atoms with van der Waals surface area (Å²) in [5.41, 5.74) is 5.85. The van der Waals surface area contributed by atoms with Crippen LogP contribution in [0.1, 0.15) is 23.3 Å². The Kier molecular flexibility index (Phi) is 1.88. The quantitative estimate of drug-likeness (QED) is 0.693. The first-order valence-corrected chi connectivity index (χ1v) is 4.29. The number of aromatic nitrogens is 1. The first kappa shape index (κ1) is 8.04. The van der Waals surface area contributed by atoms with Crippen molar-refractivity contribution in [3.05, 3.63) is 23.9 Å². The van der Waals surface area contributed by atoms with E-state index in [0.717, 1.165) is 12.8 Å². The van der Waals surface area contributed by atoms with Crippen molar-refractivity contribution in [3.63, 3.8) is 0 Å². The Labute approximate surface area is 76.2 Å². The van der Waals surface area contributed by atoms with Crippen LogP contribution in [0.25, 0.3) is 0 Å². The molecule has 4 heteroatoms. The predicted molar refractivity (Wildman–Crippen MR) is 49.1 cm³/mol. The number of nitrogens with one attached hydrogen (secondary N) is 1. The minimum Gasteiger partial charge on any atom is -0.384 e. The predicted octanol–water partition coefficient (Wildman–Crippen LogP) is 0.556. The van der Waals surface area contributed by atoms with Crippen molar-refractivity contribution in [2.24, 2.45) is 0 Å². The first-order valence-electron chi connectivity index (χ1n) is 4.29. The number of hydrogen-bond acceptors (Lipinski definition) is 3. The molecule has 1 heterocycles. The Morgan fingerprint density at radius 1 is 1.54 bits per heavy atom. The molecule has 0 atom stereocenters. The van der Waals surface area contributed by atoms with Gasteiger partial charge in [0.2, 0.25) is 0 Å². The third-order valence-corrected chi connectivity index (χ3v) is 1.92. The van der Waals surface area contributed by atoms with Gasteiger partial charge in [-0.1, -0.05) is 6.07 Å². The molecule has 0 saturated heterocycles. The van der Waals surface area contributed by atoms with Gasteiger partial charge in [-0.2, -0.15) is 0 Å². The summed E-state index contributed by atoms with van der Waals surface area (Å²) in [5, 5.41) is 2.84. The van der Waals surface area contributed by atoms with Crippen LogP contribution in [0.5, 0.6) is 0 Å². The Hall–Kier alpha value is -1.58. The topological polar surface area (TPSA) is 68.0 Å². The zero-order valence-electron chi connectivity index (χ0n) is 7.16. The van der Waals surface area contributed by atoms with Crippen LogP contribution in [0, 0.1) is 0 Å². The van der Waals surface area contributed by atoms with Crippen molar-refractivity contribution in [2.45, 2.75) is 18.9 Å². The molecule has 0 radical (unpaired) electrons. The minimum absolute atomic E-state index is 0.130. The van der Waals surface area contributed by atoms with E-state index in [0.29, 0.717) is 17.6 Å². The van der Waals surface area contributed by atoms with E-state index >= 15 is 0 Å². The molecule has 68 valence electrons. The highest BCUT2D eigenvalue weighted by molar-refractivity contribution is 5.92. The lowest BCUT2D eigenvalue weighted by Gasteiger charge is -2.02. The number of amides is 1. The Bertz CT molecular complexity index is 333. The molecule has 2 rings (SSSR count). The lowest BCUT2D eigenvalue weighted by atomic mass is 10.3. The van der Waals surface area contributed by atoms with Crippen molar-refractivity contribution in [3.8, 4) is 0 Å². The molecule has 1 amide bonds. The summed E-state index contributed by atoms with van der Waals surface area (Å²) in [6.07, 6.45) is 2.15. The smallest absolute Gasteiger partial charge is 0.270 e. The van der Waals surface area contributed by atoms with E-state index in [-0.39, 0.29) is 5.91 Å². The van der Waals surface area contributed by atoms with Gasteiger partial charge in [-0.15, -0.1) is 0 Å². The maximum absolute atomic E-state index is 11.4. The number of anilines is 1. The van der Waals surface area contributed by atoms with Gasteiger partial charge in [0.1, 0.15) is 11.5 Å². The van der Waals surface area contributed by atoms with Gasteiger partial charge in [-0.05, 0) is 25.0 Å². The van der Waals surface area contributed by atoms with Crippen LogP contribution in [-0.2, 0) is 0 Å². The summed E-state index contributed by atoms with van der Waals surface area (Å²) < 4.78 is 0. The van der Waals surface area contributed by atoms with Crippen LogP contribution in [-0.4, -0.2) is 16.9 Å². The molecule has 3 N–H and O–H groups in total. The zero-order valence-corrected chi connectivity index (χ0v) is 7.16. The molecule has 0 aliphatic heterocycles. The molecule has 1 fully saturated rings. The van der Waals surface area contributed by atoms with Crippen LogP contribution >= 0.6 is 0 Å². The fourth-order valence-corrected chi connectivity index (χ4v) is 1.06. The summed E-state index contributed by atoms with van der Waals surface area (Å²) in [7, 11) is 0. The molecule has 1 aliphatic rings. The molecular weight excluding hydrogens is 166 g/mol. The fraction of sp³-hybridized carbons (Fsp3) is 0.333. The van der Waals surface area contributed by atoms with E-state index in [4.69, 9.17) is 5.73 Å². The van der Waals surface area contributed by atoms with Crippen LogP contribution in [0.15, 0.2) is 18.2 Å². The second-order valence-electron chi connectivity index (χ2n) is 3.20. The normalized spacial score (nSPS) is 15.4. The Balaban J connectivity index is 2.09. The largest absolute Gasteiger partial charge is 0.384 e. The van der Waals surface area contributed by atoms with E-state index < -0.39 is 0 Å². The molecular formula is C9H11N3O. The van der Waals surface area contributed by atoms with Crippen molar-refractivity contribution in [2.75, 3.05) is 5.73 Å². The average Bonchev–Trinajstić information content (AvgIpc) is 2.88. The second-order valence-corrected chi connectivity index (χ2v) is 3.20. The van der Waals surface area contributed by atoms with Gasteiger partial charge < -0.3 is 11.1 Å². The number of hydrogen-bond donors (Lipinski definition) is 2. The Morgan fingerprint density at radius 3 is 2.92 bits per heavy atom. The second kappa shape index (κ2) is 3.05. The van der Waals surface area contributed by atoms with Gasteiger partial charge >= 0.3 is 0 Å². The Morgan fingerprint density at radius 2 is 2.31 bits per heavy atom. The highest BCUT2D eigenvalue weighted by Crippen LogP contribution is 2.19. The van der Waals surface area contributed by atoms with E-state index in [1.807, 2.05) is 0 Å². The molecule has 1 aromatic heterocycles. The van der Waals surface area contributed by atoms with Crippen molar-refractivity contribution in [1.29, 1.82) is 0 Å². The minimum atomic E-state index is -0.130. The lowest BCUT2D eigenvalue weighted by molar-refractivity contribution is 0.0946. The molecule has 13 heavy (non-hydrogen) atoms. The third-order valence-electron chi connectivity index (χ3n) is 1.92. The van der Waals surface area contributed by atoms with Gasteiger partial charge in [0.05, 0.1) is 0 Å². The van der Waals surface area contributed by atoms with Crippen LogP contribution in [0.2, 0.25) is 0 Å². The average molecular weight is 177 g/mol. The molecule has 0 spiro atoms. The van der Waals surface area contributed by atoms with E-state index in [1.165, 1.54) is 0 Å². The highest BCUT2D eigenvalue weighted by Gasteiger charge is 2.24. The lowest BCUT2D eigenvalue weighted by Crippen LogP contribution is -2.26. The number of carbonyl (C=O) groups is 1. The number of rotatable bonds is 2. The van der Waals surface area contributed by atoms with Crippen LogP contribution in [0.4, 0.5) is 5.82 Å². The van der Waals surface area contributed by atoms with Gasteiger partial charge in [0.15, 0.2) is 0 Å². The number of nitrogen functional groups attached to an aromatic ring is 1. The summed E-state index contributed by atoms with van der Waals surface area (Å²) in [4.78, 5) is 15.3. The molecule has 0 unspecified atom stereocenters. The van der Waals surface area contributed by atoms with Gasteiger partial charge in [0.25, 0.3) is 5.91 Å². The van der Waals surface area contributed by atoms with Crippen LogP contribution in [0.3, 0.4) is 0 Å². The summed E-state index contributed by atoms with van der Waals surface area (Å²) in [6, 6.07) is 5.40. The van der Waals surface area contributed by atoms with Gasteiger partial charge in [-0.25, -0.2) is 4.98 Å². The van der Waals surface area contributed by atoms with Crippen molar-refractivity contribution < 1.29 is 4.79 Å². The monoisotopic (exact) mass is 177 g/mol. The maximum Gasteiger partial charge on any atom is 0.270 e. The molecule has 4 nitrogen and oxygen atoms in total. The molecule has 0 bridgehead atoms. The first-order chi connectivity index (χ1) is 6.25. The number of nitrogens with two attached hydrogens (primary N) is 1. The molecule has 1 saturated carbocycles. The van der Waals surface area contributed by atoms with Crippen molar-refractivity contribution >= 4 is 11.7 Å². The molecule has 0 aromatic carbocycles. The highest BCUT2D eigenvalue weighted by atomic mass is 16.2. The summed E-state index contributed by atoms with van der Waals surface area (Å²) >= 11 is 0. The third kappa shape index (κ3) is 1.96. The van der Waals surface area contributed by atoms with Gasteiger partial charge in [-0.3, -0.25) is 4.79 Å². The van der Waals surface area contributed by atoms with E-state index in [9.17, 15) is 4.79 Å². The number of nitrogens with zero attached hydrogens (tertiary/aromatic N) is 1.